The highest BCUT2D eigenvalue weighted by molar-refractivity contribution is 7.11. The number of carbonyl (C=O) groups excluding carboxylic acids is 1. The Kier molecular flexibility index (Phi) is 4.49. The molecule has 98 valence electrons. The molecule has 1 aliphatic heterocycles. The minimum atomic E-state index is -0.0275. The van der Waals surface area contributed by atoms with E-state index >= 15 is 0 Å². The fraction of sp³-hybridized carbons (Fsp3) is 0.538. The average Bonchev–Trinajstić information content (AvgIpc) is 2.75. The van der Waals surface area contributed by atoms with E-state index in [1.165, 1.54) is 12.0 Å². The molecule has 18 heavy (non-hydrogen) atoms. The molecule has 1 aliphatic rings. The first kappa shape index (κ1) is 13.2. The van der Waals surface area contributed by atoms with E-state index in [0.29, 0.717) is 0 Å². The number of amides is 1. The Balaban J connectivity index is 1.88. The van der Waals surface area contributed by atoms with E-state index in [0.717, 1.165) is 24.3 Å². The van der Waals surface area contributed by atoms with Crippen LogP contribution in [0.15, 0.2) is 16.5 Å². The van der Waals surface area contributed by atoms with E-state index in [4.69, 9.17) is 0 Å². The molecule has 4 nitrogen and oxygen atoms in total. The van der Waals surface area contributed by atoms with Gasteiger partial charge in [-0.15, -0.1) is 11.3 Å². The van der Waals surface area contributed by atoms with Crippen molar-refractivity contribution in [2.45, 2.75) is 32.2 Å². The second-order valence-electron chi connectivity index (χ2n) is 4.69. The molecule has 1 N–H and O–H groups in total. The third kappa shape index (κ3) is 3.17. The standard InChI is InChI=1S/C13H19N3OS/c1-10-6-8-18-12(10)9-14-15-13(17)11-5-3-4-7-16(11)2/h6,8-9,11H,3-5,7H2,1-2H3,(H,15,17)/b14-9-/t11-/m1/s1. The number of nitrogens with one attached hydrogen (secondary N) is 1. The normalized spacial score (nSPS) is 21.3. The Hall–Kier alpha value is -1.20. The summed E-state index contributed by atoms with van der Waals surface area (Å²) in [7, 11) is 2.00. The van der Waals surface area contributed by atoms with E-state index < -0.39 is 0 Å². The van der Waals surface area contributed by atoms with Gasteiger partial charge >= 0.3 is 0 Å². The second-order valence-corrected chi connectivity index (χ2v) is 5.64. The Morgan fingerprint density at radius 1 is 1.61 bits per heavy atom. The first-order chi connectivity index (χ1) is 8.68. The molecular weight excluding hydrogens is 246 g/mol. The Labute approximate surface area is 112 Å². The van der Waals surface area contributed by atoms with Crippen molar-refractivity contribution in [3.8, 4) is 0 Å². The highest BCUT2D eigenvalue weighted by Crippen LogP contribution is 2.15. The first-order valence-corrected chi connectivity index (χ1v) is 7.13. The molecule has 5 heteroatoms. The van der Waals surface area contributed by atoms with Crippen LogP contribution in [-0.2, 0) is 4.79 Å². The Morgan fingerprint density at radius 2 is 2.44 bits per heavy atom. The lowest BCUT2D eigenvalue weighted by Crippen LogP contribution is -2.46. The Bertz CT molecular complexity index is 441. The van der Waals surface area contributed by atoms with Gasteiger partial charge in [0.05, 0.1) is 12.3 Å². The fourth-order valence-corrected chi connectivity index (χ4v) is 2.94. The number of hydrogen-bond acceptors (Lipinski definition) is 4. The van der Waals surface area contributed by atoms with Crippen molar-refractivity contribution < 1.29 is 4.79 Å². The largest absolute Gasteiger partial charge is 0.295 e. The summed E-state index contributed by atoms with van der Waals surface area (Å²) in [6.07, 6.45) is 4.95. The van der Waals surface area contributed by atoms with E-state index in [-0.39, 0.29) is 11.9 Å². The highest BCUT2D eigenvalue weighted by Gasteiger charge is 2.25. The van der Waals surface area contributed by atoms with Gasteiger partial charge in [-0.3, -0.25) is 9.69 Å². The van der Waals surface area contributed by atoms with Crippen molar-refractivity contribution in [1.29, 1.82) is 0 Å². The summed E-state index contributed by atoms with van der Waals surface area (Å²) in [5.41, 5.74) is 3.83. The number of hydrogen-bond donors (Lipinski definition) is 1. The number of aryl methyl sites for hydroxylation is 1. The molecule has 0 unspecified atom stereocenters. The summed E-state index contributed by atoms with van der Waals surface area (Å²) in [5.74, 6) is 0.00246. The summed E-state index contributed by atoms with van der Waals surface area (Å²) >= 11 is 1.63. The maximum Gasteiger partial charge on any atom is 0.257 e. The molecule has 1 amide bonds. The molecule has 0 bridgehead atoms. The lowest BCUT2D eigenvalue weighted by Gasteiger charge is -2.30. The zero-order valence-electron chi connectivity index (χ0n) is 10.8. The third-order valence-electron chi connectivity index (χ3n) is 3.33. The van der Waals surface area contributed by atoms with Crippen molar-refractivity contribution in [2.75, 3.05) is 13.6 Å². The lowest BCUT2D eigenvalue weighted by atomic mass is 10.0. The number of carbonyl (C=O) groups is 1. The number of thiophene rings is 1. The van der Waals surface area contributed by atoms with Crippen molar-refractivity contribution in [3.05, 3.63) is 21.9 Å². The van der Waals surface area contributed by atoms with E-state index in [9.17, 15) is 4.79 Å². The molecule has 1 aromatic heterocycles. The monoisotopic (exact) mass is 265 g/mol. The smallest absolute Gasteiger partial charge is 0.257 e. The van der Waals surface area contributed by atoms with Crippen molar-refractivity contribution in [1.82, 2.24) is 10.3 Å². The Morgan fingerprint density at radius 3 is 3.11 bits per heavy atom. The lowest BCUT2D eigenvalue weighted by molar-refractivity contribution is -0.126. The molecule has 0 radical (unpaired) electrons. The quantitative estimate of drug-likeness (QED) is 0.671. The highest BCUT2D eigenvalue weighted by atomic mass is 32.1. The summed E-state index contributed by atoms with van der Waals surface area (Å²) in [5, 5.41) is 6.06. The number of nitrogens with zero attached hydrogens (tertiary/aromatic N) is 2. The van der Waals surface area contributed by atoms with Crippen LogP contribution >= 0.6 is 11.3 Å². The van der Waals surface area contributed by atoms with Crippen molar-refractivity contribution in [3.63, 3.8) is 0 Å². The van der Waals surface area contributed by atoms with Gasteiger partial charge in [-0.1, -0.05) is 6.42 Å². The molecule has 1 fully saturated rings. The minimum Gasteiger partial charge on any atom is -0.295 e. The molecule has 1 atom stereocenters. The van der Waals surface area contributed by atoms with Crippen molar-refractivity contribution >= 4 is 23.5 Å². The van der Waals surface area contributed by atoms with Crippen LogP contribution in [-0.4, -0.2) is 36.7 Å². The van der Waals surface area contributed by atoms with Gasteiger partial charge in [-0.25, -0.2) is 5.43 Å². The van der Waals surface area contributed by atoms with Gasteiger partial charge in [0.15, 0.2) is 0 Å². The van der Waals surface area contributed by atoms with Gasteiger partial charge in [0, 0.05) is 4.88 Å². The minimum absolute atomic E-state index is 0.00246. The van der Waals surface area contributed by atoms with Gasteiger partial charge in [0.2, 0.25) is 0 Å². The van der Waals surface area contributed by atoms with E-state index in [1.54, 1.807) is 17.6 Å². The molecule has 0 saturated carbocycles. The van der Waals surface area contributed by atoms with Gasteiger partial charge in [-0.05, 0) is 50.4 Å². The molecule has 1 aromatic rings. The van der Waals surface area contributed by atoms with Crippen LogP contribution in [0.3, 0.4) is 0 Å². The van der Waals surface area contributed by atoms with Crippen LogP contribution in [0.25, 0.3) is 0 Å². The first-order valence-electron chi connectivity index (χ1n) is 6.26. The van der Waals surface area contributed by atoms with Gasteiger partial charge < -0.3 is 0 Å². The number of rotatable bonds is 3. The molecule has 1 saturated heterocycles. The van der Waals surface area contributed by atoms with Crippen molar-refractivity contribution in [2.24, 2.45) is 5.10 Å². The molecule has 2 heterocycles. The van der Waals surface area contributed by atoms with E-state index in [2.05, 4.69) is 15.4 Å². The topological polar surface area (TPSA) is 44.7 Å². The van der Waals surface area contributed by atoms with Gasteiger partial charge in [-0.2, -0.15) is 5.10 Å². The van der Waals surface area contributed by atoms with Crippen LogP contribution < -0.4 is 5.43 Å². The van der Waals surface area contributed by atoms with Crippen LogP contribution in [0.2, 0.25) is 0 Å². The fourth-order valence-electron chi connectivity index (χ4n) is 2.15. The zero-order valence-corrected chi connectivity index (χ0v) is 11.7. The summed E-state index contributed by atoms with van der Waals surface area (Å²) in [4.78, 5) is 15.2. The predicted octanol–water partition coefficient (Wildman–Crippen LogP) is 1.99. The summed E-state index contributed by atoms with van der Waals surface area (Å²) in [6.45, 7) is 3.03. The summed E-state index contributed by atoms with van der Waals surface area (Å²) in [6, 6.07) is 2.02. The van der Waals surface area contributed by atoms with Crippen LogP contribution in [0.5, 0.6) is 0 Å². The second kappa shape index (κ2) is 6.11. The molecular formula is C13H19N3OS. The molecule has 0 aliphatic carbocycles. The maximum atomic E-state index is 12.0. The molecule has 2 rings (SSSR count). The number of likely N-dealkylation sites (N-methyl/N-ethyl adjacent to an activating group) is 1. The van der Waals surface area contributed by atoms with Crippen LogP contribution in [0.1, 0.15) is 29.7 Å². The zero-order chi connectivity index (χ0) is 13.0. The number of hydrazone groups is 1. The number of piperidine rings is 1. The van der Waals surface area contributed by atoms with Crippen LogP contribution in [0, 0.1) is 6.92 Å². The SMILES string of the molecule is Cc1ccsc1/C=N\NC(=O)[C@H]1CCCCN1C. The third-order valence-corrected chi connectivity index (χ3v) is 4.28. The predicted molar refractivity (Wildman–Crippen MR) is 75.1 cm³/mol. The van der Waals surface area contributed by atoms with Gasteiger partial charge in [0.1, 0.15) is 0 Å². The van der Waals surface area contributed by atoms with Gasteiger partial charge in [0.25, 0.3) is 5.91 Å². The molecule has 0 aromatic carbocycles. The number of likely N-dealkylation sites (tertiary alicyclic amines) is 1. The maximum absolute atomic E-state index is 12.0. The average molecular weight is 265 g/mol. The van der Waals surface area contributed by atoms with E-state index in [1.807, 2.05) is 25.4 Å². The molecule has 0 spiro atoms. The van der Waals surface area contributed by atoms with Crippen LogP contribution in [0.4, 0.5) is 0 Å². The summed E-state index contributed by atoms with van der Waals surface area (Å²) < 4.78 is 0.